The minimum Gasteiger partial charge on any atom is -0.273 e. The van der Waals surface area contributed by atoms with Crippen LogP contribution in [0.15, 0.2) is 95.9 Å². The van der Waals surface area contributed by atoms with Crippen LogP contribution in [0.3, 0.4) is 0 Å². The van der Waals surface area contributed by atoms with Gasteiger partial charge in [0.1, 0.15) is 0 Å². The number of amides is 2. The van der Waals surface area contributed by atoms with Crippen molar-refractivity contribution >= 4 is 32.6 Å². The van der Waals surface area contributed by atoms with Crippen LogP contribution in [0.1, 0.15) is 27.0 Å². The van der Waals surface area contributed by atoms with Crippen molar-refractivity contribution in [3.05, 3.63) is 113 Å². The Labute approximate surface area is 209 Å². The molecule has 0 aliphatic carbocycles. The van der Waals surface area contributed by atoms with Crippen LogP contribution >= 0.6 is 0 Å². The predicted octanol–water partition coefficient (Wildman–Crippen LogP) is 3.59. The summed E-state index contributed by atoms with van der Waals surface area (Å²) < 4.78 is 27.9. The van der Waals surface area contributed by atoms with E-state index in [2.05, 4.69) is 10.9 Å². The third-order valence-corrected chi connectivity index (χ3v) is 8.16. The lowest BCUT2D eigenvalue weighted by molar-refractivity contribution is -0.121. The number of nitrogens with one attached hydrogen (secondary N) is 2. The van der Waals surface area contributed by atoms with Crippen LogP contribution in [0.5, 0.6) is 0 Å². The number of nitrogens with zero attached hydrogens (tertiary/aromatic N) is 1. The molecule has 1 aliphatic heterocycles. The molecule has 1 heterocycles. The fourth-order valence-corrected chi connectivity index (χ4v) is 5.86. The smallest absolute Gasteiger partial charge is 0.269 e. The number of fused-ring (bicyclic) bond motifs is 2. The third kappa shape index (κ3) is 5.00. The van der Waals surface area contributed by atoms with E-state index in [1.54, 1.807) is 0 Å². The minimum absolute atomic E-state index is 0.0389. The van der Waals surface area contributed by atoms with E-state index >= 15 is 0 Å². The van der Waals surface area contributed by atoms with Crippen LogP contribution in [0.2, 0.25) is 0 Å². The molecule has 2 amide bonds. The second-order valence-corrected chi connectivity index (χ2v) is 10.7. The lowest BCUT2D eigenvalue weighted by atomic mass is 10.0. The molecule has 0 saturated heterocycles. The molecule has 5 rings (SSSR count). The Bertz CT molecular complexity index is 1570. The summed E-state index contributed by atoms with van der Waals surface area (Å²) in [5.41, 5.74) is 7.88. The zero-order valence-corrected chi connectivity index (χ0v) is 20.3. The topological polar surface area (TPSA) is 95.6 Å². The Balaban J connectivity index is 1.23. The number of hydrogen-bond acceptors (Lipinski definition) is 4. The average Bonchev–Trinajstić information content (AvgIpc) is 2.91. The number of rotatable bonds is 5. The standard InChI is InChI=1S/C28H25N3O4S/c32-27(17-20-12-13-21-6-1-3-8-23(21)16-20)29-30-28(33)24-10-5-11-26(18-24)36(34,35)31-15-14-22-7-2-4-9-25(22)19-31/h1-13,16,18H,14-15,17,19H2,(H,29,32)(H,30,33). The van der Waals surface area contributed by atoms with Crippen molar-refractivity contribution < 1.29 is 18.0 Å². The van der Waals surface area contributed by atoms with Crippen molar-refractivity contribution in [2.45, 2.75) is 24.3 Å². The van der Waals surface area contributed by atoms with Gasteiger partial charge in [0.15, 0.2) is 0 Å². The highest BCUT2D eigenvalue weighted by molar-refractivity contribution is 7.89. The molecule has 182 valence electrons. The summed E-state index contributed by atoms with van der Waals surface area (Å²) in [6.07, 6.45) is 0.731. The van der Waals surface area contributed by atoms with Crippen molar-refractivity contribution in [1.82, 2.24) is 15.2 Å². The van der Waals surface area contributed by atoms with E-state index in [0.29, 0.717) is 19.5 Å². The fraction of sp³-hybridized carbons (Fsp3) is 0.143. The SMILES string of the molecule is O=C(Cc1ccc2ccccc2c1)NNC(=O)c1cccc(S(=O)(=O)N2CCc3ccccc3C2)c1. The van der Waals surface area contributed by atoms with Gasteiger partial charge in [-0.3, -0.25) is 20.4 Å². The highest BCUT2D eigenvalue weighted by Gasteiger charge is 2.28. The zero-order chi connectivity index (χ0) is 25.1. The van der Waals surface area contributed by atoms with E-state index in [1.807, 2.05) is 66.7 Å². The largest absolute Gasteiger partial charge is 0.273 e. The summed E-state index contributed by atoms with van der Waals surface area (Å²) in [7, 11) is -3.78. The third-order valence-electron chi connectivity index (χ3n) is 6.32. The van der Waals surface area contributed by atoms with Gasteiger partial charge in [-0.25, -0.2) is 8.42 Å². The van der Waals surface area contributed by atoms with Crippen LogP contribution in [0.4, 0.5) is 0 Å². The van der Waals surface area contributed by atoms with Crippen molar-refractivity contribution in [1.29, 1.82) is 0 Å². The van der Waals surface area contributed by atoms with Gasteiger partial charge in [-0.1, -0.05) is 72.8 Å². The molecule has 8 heteroatoms. The molecule has 7 nitrogen and oxygen atoms in total. The molecule has 4 aromatic rings. The van der Waals surface area contributed by atoms with Crippen LogP contribution in [-0.4, -0.2) is 31.1 Å². The first-order chi connectivity index (χ1) is 17.4. The molecular formula is C28H25N3O4S. The molecule has 36 heavy (non-hydrogen) atoms. The van der Waals surface area contributed by atoms with Crippen LogP contribution in [0, 0.1) is 0 Å². The van der Waals surface area contributed by atoms with Crippen LogP contribution in [0.25, 0.3) is 10.8 Å². The van der Waals surface area contributed by atoms with Crippen LogP contribution in [-0.2, 0) is 34.2 Å². The number of hydrogen-bond donors (Lipinski definition) is 2. The predicted molar refractivity (Wildman–Crippen MR) is 137 cm³/mol. The van der Waals surface area contributed by atoms with Crippen molar-refractivity contribution in [3.8, 4) is 0 Å². The molecule has 0 bridgehead atoms. The maximum Gasteiger partial charge on any atom is 0.269 e. The fourth-order valence-electron chi connectivity index (χ4n) is 4.40. The number of benzene rings is 4. The lowest BCUT2D eigenvalue weighted by Crippen LogP contribution is -2.42. The Kier molecular flexibility index (Phi) is 6.54. The molecule has 2 N–H and O–H groups in total. The maximum atomic E-state index is 13.3. The summed E-state index contributed by atoms with van der Waals surface area (Å²) in [5.74, 6) is -0.975. The molecule has 4 aromatic carbocycles. The summed E-state index contributed by atoms with van der Waals surface area (Å²) in [5, 5.41) is 2.11. The Morgan fingerprint density at radius 1 is 0.778 bits per heavy atom. The summed E-state index contributed by atoms with van der Waals surface area (Å²) in [6.45, 7) is 0.667. The highest BCUT2D eigenvalue weighted by atomic mass is 32.2. The normalized spacial score (nSPS) is 13.7. The van der Waals surface area contributed by atoms with Crippen LogP contribution < -0.4 is 10.9 Å². The molecular weight excluding hydrogens is 474 g/mol. The summed E-state index contributed by atoms with van der Waals surface area (Å²) in [6, 6.07) is 27.3. The number of hydrazine groups is 1. The van der Waals surface area contributed by atoms with Gasteiger partial charge in [0.2, 0.25) is 15.9 Å². The summed E-state index contributed by atoms with van der Waals surface area (Å²) >= 11 is 0. The lowest BCUT2D eigenvalue weighted by Gasteiger charge is -2.28. The molecule has 0 radical (unpaired) electrons. The van der Waals surface area contributed by atoms with Crippen molar-refractivity contribution in [2.75, 3.05) is 6.54 Å². The average molecular weight is 500 g/mol. The van der Waals surface area contributed by atoms with E-state index in [4.69, 9.17) is 0 Å². The van der Waals surface area contributed by atoms with E-state index in [1.165, 1.54) is 28.6 Å². The van der Waals surface area contributed by atoms with E-state index < -0.39 is 15.9 Å². The second kappa shape index (κ2) is 9.93. The van der Waals surface area contributed by atoms with Gasteiger partial charge in [-0.05, 0) is 52.1 Å². The van der Waals surface area contributed by atoms with Gasteiger partial charge in [0.05, 0.1) is 11.3 Å². The van der Waals surface area contributed by atoms with Gasteiger partial charge >= 0.3 is 0 Å². The molecule has 0 spiro atoms. The Hall–Kier alpha value is -4.01. The molecule has 0 aromatic heterocycles. The van der Waals surface area contributed by atoms with Gasteiger partial charge in [0.25, 0.3) is 5.91 Å². The molecule has 0 atom stereocenters. The zero-order valence-electron chi connectivity index (χ0n) is 19.5. The Morgan fingerprint density at radius 2 is 1.53 bits per heavy atom. The van der Waals surface area contributed by atoms with Gasteiger partial charge in [-0.2, -0.15) is 4.31 Å². The minimum atomic E-state index is -3.78. The number of carbonyl (C=O) groups is 2. The molecule has 0 unspecified atom stereocenters. The van der Waals surface area contributed by atoms with Crippen molar-refractivity contribution in [2.24, 2.45) is 0 Å². The van der Waals surface area contributed by atoms with Gasteiger partial charge in [-0.15, -0.1) is 0 Å². The number of carbonyl (C=O) groups excluding carboxylic acids is 2. The van der Waals surface area contributed by atoms with Crippen molar-refractivity contribution in [3.63, 3.8) is 0 Å². The first-order valence-electron chi connectivity index (χ1n) is 11.6. The molecule has 0 saturated carbocycles. The first-order valence-corrected chi connectivity index (χ1v) is 13.1. The summed E-state index contributed by atoms with van der Waals surface area (Å²) in [4.78, 5) is 25.1. The quantitative estimate of drug-likeness (QED) is 0.410. The first kappa shape index (κ1) is 23.7. The number of sulfonamides is 1. The van der Waals surface area contributed by atoms with Gasteiger partial charge < -0.3 is 0 Å². The van der Waals surface area contributed by atoms with E-state index in [-0.39, 0.29) is 22.8 Å². The maximum absolute atomic E-state index is 13.3. The van der Waals surface area contributed by atoms with Gasteiger partial charge in [0, 0.05) is 18.7 Å². The monoisotopic (exact) mass is 499 g/mol. The molecule has 1 aliphatic rings. The van der Waals surface area contributed by atoms with E-state index in [0.717, 1.165) is 27.5 Å². The van der Waals surface area contributed by atoms with E-state index in [9.17, 15) is 18.0 Å². The second-order valence-electron chi connectivity index (χ2n) is 8.75. The Morgan fingerprint density at radius 3 is 2.36 bits per heavy atom. The molecule has 0 fully saturated rings. The highest BCUT2D eigenvalue weighted by Crippen LogP contribution is 2.25.